The first-order chi connectivity index (χ1) is 11.0. The van der Waals surface area contributed by atoms with Crippen LogP contribution in [-0.4, -0.2) is 31.4 Å². The van der Waals surface area contributed by atoms with Gasteiger partial charge in [0.15, 0.2) is 0 Å². The maximum atomic E-state index is 12.3. The molecule has 1 fully saturated rings. The molecular formula is C18H23N3O2. The highest BCUT2D eigenvalue weighted by molar-refractivity contribution is 6.02. The second-order valence-electron chi connectivity index (χ2n) is 6.54. The number of benzene rings is 1. The molecule has 23 heavy (non-hydrogen) atoms. The predicted molar refractivity (Wildman–Crippen MR) is 91.6 cm³/mol. The molecule has 2 amide bonds. The summed E-state index contributed by atoms with van der Waals surface area (Å²) in [5.74, 6) is 0.0563. The summed E-state index contributed by atoms with van der Waals surface area (Å²) < 4.78 is 0. The van der Waals surface area contributed by atoms with E-state index in [2.05, 4.69) is 55.4 Å². The van der Waals surface area contributed by atoms with Gasteiger partial charge in [0.25, 0.3) is 0 Å². The van der Waals surface area contributed by atoms with Crippen molar-refractivity contribution in [2.24, 2.45) is 0 Å². The predicted octanol–water partition coefficient (Wildman–Crippen LogP) is 2.39. The molecule has 1 unspecified atom stereocenters. The van der Waals surface area contributed by atoms with E-state index >= 15 is 0 Å². The molecule has 0 spiro atoms. The Morgan fingerprint density at radius 1 is 1.22 bits per heavy atom. The molecule has 5 nitrogen and oxygen atoms in total. The molecule has 1 atom stereocenters. The van der Waals surface area contributed by atoms with Gasteiger partial charge in [0.2, 0.25) is 11.8 Å². The number of carbonyl (C=O) groups excluding carboxylic acids is 2. The zero-order valence-corrected chi connectivity index (χ0v) is 13.9. The van der Waals surface area contributed by atoms with Crippen LogP contribution in [0.2, 0.25) is 0 Å². The monoisotopic (exact) mass is 313 g/mol. The summed E-state index contributed by atoms with van der Waals surface area (Å²) in [5.41, 5.74) is 3.41. The van der Waals surface area contributed by atoms with Gasteiger partial charge in [0.05, 0.1) is 11.4 Å². The van der Waals surface area contributed by atoms with Crippen LogP contribution >= 0.6 is 0 Å². The van der Waals surface area contributed by atoms with Crippen LogP contribution in [0.1, 0.15) is 38.2 Å². The lowest BCUT2D eigenvalue weighted by molar-refractivity contribution is -0.134. The number of amides is 2. The van der Waals surface area contributed by atoms with Crippen molar-refractivity contribution in [3.05, 3.63) is 36.0 Å². The van der Waals surface area contributed by atoms with Crippen LogP contribution in [0.3, 0.4) is 0 Å². The summed E-state index contributed by atoms with van der Waals surface area (Å²) in [6, 6.07) is 6.07. The number of hydrogen-bond acceptors (Lipinski definition) is 4. The van der Waals surface area contributed by atoms with E-state index in [1.165, 1.54) is 5.56 Å². The van der Waals surface area contributed by atoms with Gasteiger partial charge in [0, 0.05) is 26.2 Å². The van der Waals surface area contributed by atoms with Gasteiger partial charge in [-0.25, -0.2) is 0 Å². The summed E-state index contributed by atoms with van der Waals surface area (Å²) in [4.78, 5) is 27.9. The van der Waals surface area contributed by atoms with E-state index in [0.29, 0.717) is 18.8 Å². The Balaban J connectivity index is 2.01. The Morgan fingerprint density at radius 2 is 2.00 bits per heavy atom. The number of anilines is 2. The molecule has 3 rings (SSSR count). The SMILES string of the molecule is CC(C)c1ccc2c(c1)N(C)CC=CN2C1CCC(=O)NC1=O. The average Bonchev–Trinajstić information content (AvgIpc) is 2.67. The van der Waals surface area contributed by atoms with Crippen molar-refractivity contribution >= 4 is 23.2 Å². The Bertz CT molecular complexity index is 666. The molecule has 1 aromatic carbocycles. The van der Waals surface area contributed by atoms with Gasteiger partial charge in [-0.1, -0.05) is 19.9 Å². The van der Waals surface area contributed by atoms with Crippen molar-refractivity contribution < 1.29 is 9.59 Å². The van der Waals surface area contributed by atoms with E-state index in [9.17, 15) is 9.59 Å². The summed E-state index contributed by atoms with van der Waals surface area (Å²) in [6.45, 7) is 5.14. The van der Waals surface area contributed by atoms with E-state index in [-0.39, 0.29) is 17.9 Å². The van der Waals surface area contributed by atoms with E-state index in [0.717, 1.165) is 17.9 Å². The molecule has 0 saturated carbocycles. The molecule has 1 N–H and O–H groups in total. The molecular weight excluding hydrogens is 290 g/mol. The molecule has 5 heteroatoms. The van der Waals surface area contributed by atoms with Gasteiger partial charge in [-0.05, 0) is 36.1 Å². The minimum atomic E-state index is -0.334. The van der Waals surface area contributed by atoms with Crippen molar-refractivity contribution in [1.82, 2.24) is 5.32 Å². The van der Waals surface area contributed by atoms with Gasteiger partial charge in [-0.3, -0.25) is 14.9 Å². The van der Waals surface area contributed by atoms with E-state index in [4.69, 9.17) is 0 Å². The Morgan fingerprint density at radius 3 is 2.70 bits per heavy atom. The zero-order chi connectivity index (χ0) is 16.6. The Hall–Kier alpha value is -2.30. The quantitative estimate of drug-likeness (QED) is 0.852. The molecule has 1 aromatic rings. The number of rotatable bonds is 2. The average molecular weight is 313 g/mol. The molecule has 2 aliphatic rings. The fourth-order valence-corrected chi connectivity index (χ4v) is 3.14. The number of hydrogen-bond donors (Lipinski definition) is 1. The van der Waals surface area contributed by atoms with Crippen LogP contribution in [0.25, 0.3) is 0 Å². The highest BCUT2D eigenvalue weighted by atomic mass is 16.2. The van der Waals surface area contributed by atoms with E-state index < -0.39 is 0 Å². The second kappa shape index (κ2) is 6.07. The molecule has 1 saturated heterocycles. The second-order valence-corrected chi connectivity index (χ2v) is 6.54. The number of likely N-dealkylation sites (N-methyl/N-ethyl adjacent to an activating group) is 1. The van der Waals surface area contributed by atoms with Crippen molar-refractivity contribution in [3.8, 4) is 0 Å². The first-order valence-corrected chi connectivity index (χ1v) is 8.11. The first-order valence-electron chi connectivity index (χ1n) is 8.11. The number of nitrogens with zero attached hydrogens (tertiary/aromatic N) is 2. The van der Waals surface area contributed by atoms with Gasteiger partial charge in [-0.15, -0.1) is 0 Å². The highest BCUT2D eigenvalue weighted by Crippen LogP contribution is 2.36. The van der Waals surface area contributed by atoms with E-state index in [1.54, 1.807) is 0 Å². The third kappa shape index (κ3) is 2.96. The maximum Gasteiger partial charge on any atom is 0.249 e. The minimum absolute atomic E-state index is 0.183. The fourth-order valence-electron chi connectivity index (χ4n) is 3.14. The minimum Gasteiger partial charge on any atom is -0.369 e. The van der Waals surface area contributed by atoms with Gasteiger partial charge in [-0.2, -0.15) is 0 Å². The number of piperidine rings is 1. The molecule has 2 heterocycles. The van der Waals surface area contributed by atoms with Gasteiger partial charge in [0.1, 0.15) is 6.04 Å². The Kier molecular flexibility index (Phi) is 4.11. The van der Waals surface area contributed by atoms with Crippen molar-refractivity contribution in [3.63, 3.8) is 0 Å². The molecule has 122 valence electrons. The molecule has 0 aromatic heterocycles. The first kappa shape index (κ1) is 15.6. The summed E-state index contributed by atoms with van der Waals surface area (Å²) in [6.07, 6.45) is 4.95. The normalized spacial score (nSPS) is 21.3. The lowest BCUT2D eigenvalue weighted by atomic mass is 9.99. The molecule has 0 radical (unpaired) electrons. The van der Waals surface area contributed by atoms with Crippen LogP contribution in [0, 0.1) is 0 Å². The van der Waals surface area contributed by atoms with Crippen LogP contribution in [0.5, 0.6) is 0 Å². The lowest BCUT2D eigenvalue weighted by Crippen LogP contribution is -2.51. The molecule has 2 aliphatic heterocycles. The summed E-state index contributed by atoms with van der Waals surface area (Å²) >= 11 is 0. The van der Waals surface area contributed by atoms with Crippen LogP contribution in [-0.2, 0) is 9.59 Å². The number of carbonyl (C=O) groups is 2. The van der Waals surface area contributed by atoms with Crippen molar-refractivity contribution in [2.75, 3.05) is 23.4 Å². The maximum absolute atomic E-state index is 12.3. The van der Waals surface area contributed by atoms with E-state index in [1.807, 2.05) is 11.1 Å². The van der Waals surface area contributed by atoms with Crippen molar-refractivity contribution in [1.29, 1.82) is 0 Å². The number of imide groups is 1. The van der Waals surface area contributed by atoms with Gasteiger partial charge >= 0.3 is 0 Å². The molecule has 0 aliphatic carbocycles. The van der Waals surface area contributed by atoms with Crippen molar-refractivity contribution in [2.45, 2.75) is 38.6 Å². The summed E-state index contributed by atoms with van der Waals surface area (Å²) in [7, 11) is 2.06. The fraction of sp³-hybridized carbons (Fsp3) is 0.444. The van der Waals surface area contributed by atoms with Crippen LogP contribution in [0.15, 0.2) is 30.5 Å². The number of nitrogens with one attached hydrogen (secondary N) is 1. The highest BCUT2D eigenvalue weighted by Gasteiger charge is 2.33. The summed E-state index contributed by atoms with van der Waals surface area (Å²) in [5, 5.41) is 2.45. The third-order valence-electron chi connectivity index (χ3n) is 4.55. The Labute approximate surface area is 137 Å². The largest absolute Gasteiger partial charge is 0.369 e. The number of fused-ring (bicyclic) bond motifs is 1. The van der Waals surface area contributed by atoms with Gasteiger partial charge < -0.3 is 9.80 Å². The standard InChI is InChI=1S/C18H23N3O2/c1-12(2)13-5-6-14-16(11-13)20(3)9-4-10-21(14)15-7-8-17(22)19-18(15)23/h4-6,10-12,15H,7-9H2,1-3H3,(H,19,22,23). The smallest absolute Gasteiger partial charge is 0.249 e. The lowest BCUT2D eigenvalue weighted by Gasteiger charge is -2.33. The molecule has 0 bridgehead atoms. The zero-order valence-electron chi connectivity index (χ0n) is 13.9. The van der Waals surface area contributed by atoms with Crippen LogP contribution < -0.4 is 15.1 Å². The van der Waals surface area contributed by atoms with Crippen LogP contribution in [0.4, 0.5) is 11.4 Å². The topological polar surface area (TPSA) is 52.6 Å². The third-order valence-corrected chi connectivity index (χ3v) is 4.55.